The lowest BCUT2D eigenvalue weighted by Gasteiger charge is -2.22. The number of hydrogen-bond acceptors (Lipinski definition) is 3. The SMILES string of the molecule is CC(N)(C(=O)OCC1CC1)c1ccccc1. The van der Waals surface area contributed by atoms with Crippen molar-refractivity contribution < 1.29 is 9.53 Å². The second-order valence-electron chi connectivity index (χ2n) is 4.61. The number of hydrogen-bond donors (Lipinski definition) is 1. The molecule has 1 aliphatic rings. The van der Waals surface area contributed by atoms with Crippen LogP contribution in [0.3, 0.4) is 0 Å². The highest BCUT2D eigenvalue weighted by atomic mass is 16.5. The Morgan fingerprint density at radius 2 is 2.06 bits per heavy atom. The first kappa shape index (κ1) is 11.1. The molecule has 1 atom stereocenters. The fraction of sp³-hybridized carbons (Fsp3) is 0.462. The molecule has 2 N–H and O–H groups in total. The van der Waals surface area contributed by atoms with Crippen molar-refractivity contribution in [2.45, 2.75) is 25.3 Å². The van der Waals surface area contributed by atoms with Crippen LogP contribution in [0.5, 0.6) is 0 Å². The minimum atomic E-state index is -1.05. The van der Waals surface area contributed by atoms with Gasteiger partial charge in [0.1, 0.15) is 5.54 Å². The molecule has 1 saturated carbocycles. The van der Waals surface area contributed by atoms with E-state index in [0.29, 0.717) is 12.5 Å². The lowest BCUT2D eigenvalue weighted by atomic mass is 9.93. The van der Waals surface area contributed by atoms with Crippen LogP contribution in [0, 0.1) is 5.92 Å². The van der Waals surface area contributed by atoms with Gasteiger partial charge in [0.05, 0.1) is 6.61 Å². The maximum atomic E-state index is 11.9. The van der Waals surface area contributed by atoms with Crippen molar-refractivity contribution >= 4 is 5.97 Å². The minimum Gasteiger partial charge on any atom is -0.464 e. The number of ether oxygens (including phenoxy) is 1. The zero-order valence-electron chi connectivity index (χ0n) is 9.48. The Hall–Kier alpha value is -1.35. The molecule has 3 nitrogen and oxygen atoms in total. The summed E-state index contributed by atoms with van der Waals surface area (Å²) in [5, 5.41) is 0. The smallest absolute Gasteiger partial charge is 0.330 e. The van der Waals surface area contributed by atoms with Gasteiger partial charge in [-0.1, -0.05) is 30.3 Å². The zero-order valence-corrected chi connectivity index (χ0v) is 9.48. The molecule has 0 aliphatic heterocycles. The van der Waals surface area contributed by atoms with Gasteiger partial charge in [0.15, 0.2) is 0 Å². The van der Waals surface area contributed by atoms with Crippen molar-refractivity contribution in [3.8, 4) is 0 Å². The molecule has 0 bridgehead atoms. The van der Waals surface area contributed by atoms with Crippen molar-refractivity contribution in [3.05, 3.63) is 35.9 Å². The van der Waals surface area contributed by atoms with Crippen LogP contribution in [0.15, 0.2) is 30.3 Å². The number of carbonyl (C=O) groups excluding carboxylic acids is 1. The number of rotatable bonds is 4. The van der Waals surface area contributed by atoms with Crippen LogP contribution in [-0.4, -0.2) is 12.6 Å². The maximum Gasteiger partial charge on any atom is 0.330 e. The molecule has 0 radical (unpaired) electrons. The molecule has 1 unspecified atom stereocenters. The number of nitrogens with two attached hydrogens (primary N) is 1. The summed E-state index contributed by atoms with van der Waals surface area (Å²) < 4.78 is 5.22. The molecule has 86 valence electrons. The van der Waals surface area contributed by atoms with E-state index in [0.717, 1.165) is 5.56 Å². The van der Waals surface area contributed by atoms with E-state index >= 15 is 0 Å². The van der Waals surface area contributed by atoms with E-state index in [4.69, 9.17) is 10.5 Å². The van der Waals surface area contributed by atoms with E-state index in [1.165, 1.54) is 12.8 Å². The standard InChI is InChI=1S/C13H17NO2/c1-13(14,11-5-3-2-4-6-11)12(15)16-9-10-7-8-10/h2-6,10H,7-9,14H2,1H3. The van der Waals surface area contributed by atoms with Crippen LogP contribution < -0.4 is 5.73 Å². The maximum absolute atomic E-state index is 11.9. The highest BCUT2D eigenvalue weighted by Crippen LogP contribution is 2.29. The van der Waals surface area contributed by atoms with Crippen molar-refractivity contribution in [3.63, 3.8) is 0 Å². The first-order chi connectivity index (χ1) is 7.60. The quantitative estimate of drug-likeness (QED) is 0.786. The van der Waals surface area contributed by atoms with Crippen molar-refractivity contribution in [2.75, 3.05) is 6.61 Å². The summed E-state index contributed by atoms with van der Waals surface area (Å²) in [6, 6.07) is 9.33. The highest BCUT2D eigenvalue weighted by Gasteiger charge is 2.33. The number of carbonyl (C=O) groups is 1. The predicted octanol–water partition coefficient (Wildman–Crippen LogP) is 1.81. The molecule has 0 heterocycles. The summed E-state index contributed by atoms with van der Waals surface area (Å²) >= 11 is 0. The van der Waals surface area contributed by atoms with E-state index in [2.05, 4.69) is 0 Å². The van der Waals surface area contributed by atoms with Crippen LogP contribution in [0.25, 0.3) is 0 Å². The molecule has 1 aliphatic carbocycles. The molecule has 1 aromatic rings. The van der Waals surface area contributed by atoms with Crippen molar-refractivity contribution in [1.29, 1.82) is 0 Å². The van der Waals surface area contributed by atoms with Crippen LogP contribution >= 0.6 is 0 Å². The molecule has 0 saturated heterocycles. The second kappa shape index (κ2) is 4.26. The zero-order chi connectivity index (χ0) is 11.6. The Bertz CT molecular complexity index is 369. The average molecular weight is 219 g/mol. The summed E-state index contributed by atoms with van der Waals surface area (Å²) in [6.07, 6.45) is 2.33. The van der Waals surface area contributed by atoms with Gasteiger partial charge in [-0.25, -0.2) is 4.79 Å². The van der Waals surface area contributed by atoms with Crippen molar-refractivity contribution in [1.82, 2.24) is 0 Å². The third kappa shape index (κ3) is 2.42. The van der Waals surface area contributed by atoms with Gasteiger partial charge in [0.2, 0.25) is 0 Å². The normalized spacial score (nSPS) is 18.9. The fourth-order valence-corrected chi connectivity index (χ4v) is 1.53. The predicted molar refractivity (Wildman–Crippen MR) is 61.7 cm³/mol. The first-order valence-corrected chi connectivity index (χ1v) is 5.62. The topological polar surface area (TPSA) is 52.3 Å². The third-order valence-electron chi connectivity index (χ3n) is 2.94. The molecule has 0 aromatic heterocycles. The molecular formula is C13H17NO2. The molecule has 2 rings (SSSR count). The highest BCUT2D eigenvalue weighted by molar-refractivity contribution is 5.81. The van der Waals surface area contributed by atoms with E-state index in [1.807, 2.05) is 30.3 Å². The van der Waals surface area contributed by atoms with Gasteiger partial charge in [0.25, 0.3) is 0 Å². The van der Waals surface area contributed by atoms with Gasteiger partial charge in [-0.3, -0.25) is 0 Å². The Kier molecular flexibility index (Phi) is 2.97. The van der Waals surface area contributed by atoms with Gasteiger partial charge < -0.3 is 10.5 Å². The van der Waals surface area contributed by atoms with Gasteiger partial charge in [-0.15, -0.1) is 0 Å². The van der Waals surface area contributed by atoms with E-state index in [9.17, 15) is 4.79 Å². The Morgan fingerprint density at radius 3 is 2.62 bits per heavy atom. The molecule has 1 fully saturated rings. The summed E-state index contributed by atoms with van der Waals surface area (Å²) in [4.78, 5) is 11.9. The van der Waals surface area contributed by atoms with Crippen LogP contribution in [-0.2, 0) is 15.1 Å². The Balaban J connectivity index is 2.02. The van der Waals surface area contributed by atoms with Crippen LogP contribution in [0.1, 0.15) is 25.3 Å². The molecule has 3 heteroatoms. The fourth-order valence-electron chi connectivity index (χ4n) is 1.53. The largest absolute Gasteiger partial charge is 0.464 e. The lowest BCUT2D eigenvalue weighted by molar-refractivity contribution is -0.150. The van der Waals surface area contributed by atoms with Gasteiger partial charge in [-0.2, -0.15) is 0 Å². The summed E-state index contributed by atoms with van der Waals surface area (Å²) in [5.41, 5.74) is 5.76. The minimum absolute atomic E-state index is 0.342. The molecule has 0 spiro atoms. The van der Waals surface area contributed by atoms with Gasteiger partial charge in [-0.05, 0) is 31.2 Å². The van der Waals surface area contributed by atoms with Crippen molar-refractivity contribution in [2.24, 2.45) is 11.7 Å². The Labute approximate surface area is 95.6 Å². The lowest BCUT2D eigenvalue weighted by Crippen LogP contribution is -2.43. The molecule has 0 amide bonds. The molecule has 1 aromatic carbocycles. The first-order valence-electron chi connectivity index (χ1n) is 5.62. The molecular weight excluding hydrogens is 202 g/mol. The van der Waals surface area contributed by atoms with E-state index < -0.39 is 5.54 Å². The summed E-state index contributed by atoms with van der Waals surface area (Å²) in [7, 11) is 0. The van der Waals surface area contributed by atoms with Crippen LogP contribution in [0.2, 0.25) is 0 Å². The third-order valence-corrected chi connectivity index (χ3v) is 2.94. The van der Waals surface area contributed by atoms with Gasteiger partial charge >= 0.3 is 5.97 Å². The molecule has 16 heavy (non-hydrogen) atoms. The number of benzene rings is 1. The monoisotopic (exact) mass is 219 g/mol. The Morgan fingerprint density at radius 1 is 1.44 bits per heavy atom. The summed E-state index contributed by atoms with van der Waals surface area (Å²) in [5.74, 6) is 0.223. The summed E-state index contributed by atoms with van der Waals surface area (Å²) in [6.45, 7) is 2.20. The van der Waals surface area contributed by atoms with E-state index in [1.54, 1.807) is 6.92 Å². The number of esters is 1. The van der Waals surface area contributed by atoms with E-state index in [-0.39, 0.29) is 5.97 Å². The van der Waals surface area contributed by atoms with Crippen LogP contribution in [0.4, 0.5) is 0 Å². The second-order valence-corrected chi connectivity index (χ2v) is 4.61. The van der Waals surface area contributed by atoms with Gasteiger partial charge in [0, 0.05) is 0 Å². The average Bonchev–Trinajstić information content (AvgIpc) is 3.11.